The highest BCUT2D eigenvalue weighted by atomic mass is 16.5. The van der Waals surface area contributed by atoms with E-state index in [1.54, 1.807) is 13.4 Å². The summed E-state index contributed by atoms with van der Waals surface area (Å²) >= 11 is 0. The SMILES string of the molecule is CCC(C)n1ccc(Cn2cnc(CNCCOC)n2)n1. The van der Waals surface area contributed by atoms with Gasteiger partial charge in [-0.2, -0.15) is 10.2 Å². The molecule has 0 saturated carbocycles. The van der Waals surface area contributed by atoms with Crippen LogP contribution >= 0.6 is 0 Å². The van der Waals surface area contributed by atoms with Crippen molar-refractivity contribution in [3.63, 3.8) is 0 Å². The molecule has 0 aliphatic heterocycles. The van der Waals surface area contributed by atoms with Gasteiger partial charge in [-0.05, 0) is 19.4 Å². The van der Waals surface area contributed by atoms with Crippen LogP contribution in [0.5, 0.6) is 0 Å². The monoisotopic (exact) mass is 292 g/mol. The van der Waals surface area contributed by atoms with Crippen molar-refractivity contribution in [3.8, 4) is 0 Å². The van der Waals surface area contributed by atoms with E-state index in [-0.39, 0.29) is 0 Å². The Morgan fingerprint density at radius 3 is 3.00 bits per heavy atom. The van der Waals surface area contributed by atoms with E-state index in [1.807, 2.05) is 21.6 Å². The number of rotatable bonds is 9. The van der Waals surface area contributed by atoms with Crippen LogP contribution in [0.3, 0.4) is 0 Å². The lowest BCUT2D eigenvalue weighted by molar-refractivity contribution is 0.199. The summed E-state index contributed by atoms with van der Waals surface area (Å²) in [5.74, 6) is 0.785. The molecule has 0 spiro atoms. The van der Waals surface area contributed by atoms with Gasteiger partial charge in [0.25, 0.3) is 0 Å². The van der Waals surface area contributed by atoms with Gasteiger partial charge in [0.1, 0.15) is 6.33 Å². The summed E-state index contributed by atoms with van der Waals surface area (Å²) in [6.45, 7) is 7.10. The summed E-state index contributed by atoms with van der Waals surface area (Å²) in [5.41, 5.74) is 0.999. The second-order valence-corrected chi connectivity index (χ2v) is 5.07. The number of methoxy groups -OCH3 is 1. The van der Waals surface area contributed by atoms with Gasteiger partial charge in [-0.25, -0.2) is 9.67 Å². The standard InChI is InChI=1S/C14H24N6O/c1-4-12(2)20-7-5-13(17-20)10-19-11-16-14(18-19)9-15-6-8-21-3/h5,7,11-12,15H,4,6,8-10H2,1-3H3. The fourth-order valence-corrected chi connectivity index (χ4v) is 1.93. The molecule has 2 heterocycles. The largest absolute Gasteiger partial charge is 0.383 e. The van der Waals surface area contributed by atoms with E-state index < -0.39 is 0 Å². The number of nitrogens with zero attached hydrogens (tertiary/aromatic N) is 5. The molecule has 0 aliphatic rings. The Morgan fingerprint density at radius 1 is 1.38 bits per heavy atom. The van der Waals surface area contributed by atoms with E-state index in [9.17, 15) is 0 Å². The molecule has 7 heteroatoms. The summed E-state index contributed by atoms with van der Waals surface area (Å²) in [7, 11) is 1.69. The van der Waals surface area contributed by atoms with Crippen molar-refractivity contribution < 1.29 is 4.74 Å². The van der Waals surface area contributed by atoms with Crippen LogP contribution in [0.1, 0.15) is 37.8 Å². The number of nitrogens with one attached hydrogen (secondary N) is 1. The van der Waals surface area contributed by atoms with Crippen molar-refractivity contribution in [1.29, 1.82) is 0 Å². The molecule has 0 radical (unpaired) electrons. The highest BCUT2D eigenvalue weighted by Gasteiger charge is 2.06. The minimum atomic E-state index is 0.426. The summed E-state index contributed by atoms with van der Waals surface area (Å²) in [4.78, 5) is 4.28. The molecule has 116 valence electrons. The molecule has 0 aliphatic carbocycles. The Hall–Kier alpha value is -1.73. The smallest absolute Gasteiger partial charge is 0.164 e. The summed E-state index contributed by atoms with van der Waals surface area (Å²) < 4.78 is 8.79. The van der Waals surface area contributed by atoms with E-state index >= 15 is 0 Å². The van der Waals surface area contributed by atoms with E-state index in [0.717, 1.165) is 24.5 Å². The fraction of sp³-hybridized carbons (Fsp3) is 0.643. The zero-order chi connectivity index (χ0) is 15.1. The van der Waals surface area contributed by atoms with Gasteiger partial charge in [0.15, 0.2) is 5.82 Å². The van der Waals surface area contributed by atoms with E-state index in [4.69, 9.17) is 4.74 Å². The van der Waals surface area contributed by atoms with E-state index in [1.165, 1.54) is 0 Å². The Kier molecular flexibility index (Phi) is 5.89. The Balaban J connectivity index is 1.85. The third-order valence-electron chi connectivity index (χ3n) is 3.38. The number of aromatic nitrogens is 5. The maximum atomic E-state index is 4.98. The summed E-state index contributed by atoms with van der Waals surface area (Å²) in [6, 6.07) is 2.46. The Labute approximate surface area is 125 Å². The summed E-state index contributed by atoms with van der Waals surface area (Å²) in [6.07, 6.45) is 4.84. The van der Waals surface area contributed by atoms with Crippen LogP contribution in [0, 0.1) is 0 Å². The first-order chi connectivity index (χ1) is 10.2. The molecular weight excluding hydrogens is 268 g/mol. The molecule has 0 amide bonds. The number of hydrogen-bond acceptors (Lipinski definition) is 5. The van der Waals surface area contributed by atoms with Crippen LogP contribution in [-0.4, -0.2) is 44.8 Å². The van der Waals surface area contributed by atoms with Crippen molar-refractivity contribution in [1.82, 2.24) is 29.9 Å². The highest BCUT2D eigenvalue weighted by Crippen LogP contribution is 2.09. The maximum absolute atomic E-state index is 4.98. The quantitative estimate of drug-likeness (QED) is 0.704. The van der Waals surface area contributed by atoms with Gasteiger partial charge in [-0.15, -0.1) is 0 Å². The number of hydrogen-bond donors (Lipinski definition) is 1. The molecular formula is C14H24N6O. The molecule has 2 aromatic rings. The molecule has 0 bridgehead atoms. The highest BCUT2D eigenvalue weighted by molar-refractivity contribution is 5.00. The number of ether oxygens (including phenoxy) is 1. The van der Waals surface area contributed by atoms with Crippen molar-refractivity contribution in [3.05, 3.63) is 30.1 Å². The molecule has 2 rings (SSSR count). The van der Waals surface area contributed by atoms with Crippen molar-refractivity contribution >= 4 is 0 Å². The molecule has 1 N–H and O–H groups in total. The first-order valence-electron chi connectivity index (χ1n) is 7.35. The molecule has 0 aromatic carbocycles. The minimum absolute atomic E-state index is 0.426. The molecule has 21 heavy (non-hydrogen) atoms. The normalized spacial score (nSPS) is 12.7. The molecule has 0 saturated heterocycles. The second-order valence-electron chi connectivity index (χ2n) is 5.07. The molecule has 7 nitrogen and oxygen atoms in total. The predicted molar refractivity (Wildman–Crippen MR) is 79.9 cm³/mol. The fourth-order valence-electron chi connectivity index (χ4n) is 1.93. The molecule has 2 aromatic heterocycles. The van der Waals surface area contributed by atoms with Crippen LogP contribution in [-0.2, 0) is 17.8 Å². The Bertz CT molecular complexity index is 535. The minimum Gasteiger partial charge on any atom is -0.383 e. The zero-order valence-electron chi connectivity index (χ0n) is 13.0. The van der Waals surface area contributed by atoms with Crippen molar-refractivity contribution in [2.75, 3.05) is 20.3 Å². The molecule has 1 atom stereocenters. The topological polar surface area (TPSA) is 69.8 Å². The van der Waals surface area contributed by atoms with Gasteiger partial charge >= 0.3 is 0 Å². The first kappa shape index (κ1) is 15.7. The third kappa shape index (κ3) is 4.64. The first-order valence-corrected chi connectivity index (χ1v) is 7.35. The lowest BCUT2D eigenvalue weighted by atomic mass is 10.3. The third-order valence-corrected chi connectivity index (χ3v) is 3.38. The van der Waals surface area contributed by atoms with Gasteiger partial charge in [-0.1, -0.05) is 6.92 Å². The lowest BCUT2D eigenvalue weighted by Gasteiger charge is -2.08. The van der Waals surface area contributed by atoms with Crippen molar-refractivity contribution in [2.24, 2.45) is 0 Å². The van der Waals surface area contributed by atoms with Gasteiger partial charge in [-0.3, -0.25) is 4.68 Å². The van der Waals surface area contributed by atoms with Crippen LogP contribution in [0.2, 0.25) is 0 Å². The van der Waals surface area contributed by atoms with Gasteiger partial charge < -0.3 is 10.1 Å². The van der Waals surface area contributed by atoms with E-state index in [2.05, 4.69) is 34.3 Å². The maximum Gasteiger partial charge on any atom is 0.164 e. The second kappa shape index (κ2) is 7.90. The van der Waals surface area contributed by atoms with Gasteiger partial charge in [0.05, 0.1) is 25.4 Å². The van der Waals surface area contributed by atoms with Gasteiger partial charge in [0.2, 0.25) is 0 Å². The van der Waals surface area contributed by atoms with Crippen LogP contribution < -0.4 is 5.32 Å². The molecule has 1 unspecified atom stereocenters. The van der Waals surface area contributed by atoms with Crippen LogP contribution in [0.15, 0.2) is 18.6 Å². The predicted octanol–water partition coefficient (Wildman–Crippen LogP) is 1.23. The summed E-state index contributed by atoms with van der Waals surface area (Å²) in [5, 5.41) is 12.2. The average Bonchev–Trinajstić information content (AvgIpc) is 3.13. The molecule has 0 fully saturated rings. The van der Waals surface area contributed by atoms with E-state index in [0.29, 0.717) is 25.7 Å². The Morgan fingerprint density at radius 2 is 2.24 bits per heavy atom. The lowest BCUT2D eigenvalue weighted by Crippen LogP contribution is -2.19. The van der Waals surface area contributed by atoms with Gasteiger partial charge in [0, 0.05) is 25.9 Å². The van der Waals surface area contributed by atoms with Crippen molar-refractivity contribution in [2.45, 2.75) is 39.4 Å². The zero-order valence-corrected chi connectivity index (χ0v) is 13.0. The average molecular weight is 292 g/mol. The van der Waals surface area contributed by atoms with Crippen LogP contribution in [0.25, 0.3) is 0 Å². The van der Waals surface area contributed by atoms with Crippen LogP contribution in [0.4, 0.5) is 0 Å².